The van der Waals surface area contributed by atoms with Crippen LogP contribution in [0.4, 0.5) is 11.4 Å². The molecule has 0 fully saturated rings. The van der Waals surface area contributed by atoms with Gasteiger partial charge in [-0.1, -0.05) is 19.9 Å². The van der Waals surface area contributed by atoms with Crippen molar-refractivity contribution in [1.82, 2.24) is 0 Å². The number of anilines is 2. The maximum Gasteiger partial charge on any atom is 0.335 e. The number of carboxylic acid groups (broad SMARTS) is 1. The summed E-state index contributed by atoms with van der Waals surface area (Å²) in [6, 6.07) is 12.5. The van der Waals surface area contributed by atoms with Gasteiger partial charge in [-0.3, -0.25) is 9.59 Å². The lowest BCUT2D eigenvalue weighted by Crippen LogP contribution is -2.18. The number of carbonyl (C=O) groups excluding carboxylic acids is 2. The van der Waals surface area contributed by atoms with E-state index in [1.807, 2.05) is 0 Å². The third-order valence-corrected chi connectivity index (χ3v) is 3.31. The second-order valence-electron chi connectivity index (χ2n) is 5.56. The molecular formula is C18H18N2O4. The molecule has 0 heterocycles. The Bertz CT molecular complexity index is 767. The van der Waals surface area contributed by atoms with E-state index in [0.717, 1.165) is 0 Å². The molecule has 3 N–H and O–H groups in total. The van der Waals surface area contributed by atoms with E-state index < -0.39 is 5.97 Å². The second kappa shape index (κ2) is 7.41. The summed E-state index contributed by atoms with van der Waals surface area (Å²) in [4.78, 5) is 34.8. The molecule has 0 aliphatic heterocycles. The van der Waals surface area contributed by atoms with Gasteiger partial charge < -0.3 is 15.7 Å². The molecule has 6 nitrogen and oxygen atoms in total. The molecule has 24 heavy (non-hydrogen) atoms. The van der Waals surface area contributed by atoms with Gasteiger partial charge in [0.2, 0.25) is 5.91 Å². The van der Waals surface area contributed by atoms with Crippen molar-refractivity contribution in [2.24, 2.45) is 5.92 Å². The van der Waals surface area contributed by atoms with E-state index in [1.54, 1.807) is 38.1 Å². The molecule has 2 aromatic rings. The Morgan fingerprint density at radius 2 is 1.54 bits per heavy atom. The molecule has 2 rings (SSSR count). The minimum atomic E-state index is -1.03. The van der Waals surface area contributed by atoms with Crippen LogP contribution < -0.4 is 10.6 Å². The van der Waals surface area contributed by atoms with Crippen LogP contribution in [-0.2, 0) is 4.79 Å². The zero-order chi connectivity index (χ0) is 17.7. The summed E-state index contributed by atoms with van der Waals surface area (Å²) >= 11 is 0. The lowest BCUT2D eigenvalue weighted by molar-refractivity contribution is -0.118. The average Bonchev–Trinajstić information content (AvgIpc) is 2.55. The van der Waals surface area contributed by atoms with Crippen molar-refractivity contribution < 1.29 is 19.5 Å². The van der Waals surface area contributed by atoms with Crippen LogP contribution in [0.3, 0.4) is 0 Å². The lowest BCUT2D eigenvalue weighted by atomic mass is 10.1. The quantitative estimate of drug-likeness (QED) is 0.786. The Morgan fingerprint density at radius 3 is 2.12 bits per heavy atom. The number of benzene rings is 2. The SMILES string of the molecule is CC(C)C(=O)Nc1cccc(C(=O)Nc2ccc(C(=O)O)cc2)c1. The standard InChI is InChI=1S/C18H18N2O4/c1-11(2)16(21)20-15-5-3-4-13(10-15)17(22)19-14-8-6-12(7-9-14)18(23)24/h3-11H,1-2H3,(H,19,22)(H,20,21)(H,23,24). The molecule has 0 saturated heterocycles. The van der Waals surface area contributed by atoms with Crippen LogP contribution in [0.1, 0.15) is 34.6 Å². The molecule has 124 valence electrons. The monoisotopic (exact) mass is 326 g/mol. The first-order valence-electron chi connectivity index (χ1n) is 7.42. The fourth-order valence-corrected chi connectivity index (χ4v) is 1.92. The zero-order valence-corrected chi connectivity index (χ0v) is 13.4. The maximum absolute atomic E-state index is 12.3. The van der Waals surface area contributed by atoms with Gasteiger partial charge in [0.1, 0.15) is 0 Å². The summed E-state index contributed by atoms with van der Waals surface area (Å²) in [5.41, 5.74) is 1.56. The normalized spacial score (nSPS) is 10.3. The minimum Gasteiger partial charge on any atom is -0.478 e. The minimum absolute atomic E-state index is 0.128. The molecule has 6 heteroatoms. The predicted molar refractivity (Wildman–Crippen MR) is 91.3 cm³/mol. The van der Waals surface area contributed by atoms with Crippen molar-refractivity contribution in [1.29, 1.82) is 0 Å². The maximum atomic E-state index is 12.3. The summed E-state index contributed by atoms with van der Waals surface area (Å²) in [5.74, 6) is -1.66. The van der Waals surface area contributed by atoms with Gasteiger partial charge in [-0.05, 0) is 42.5 Å². The van der Waals surface area contributed by atoms with Crippen molar-refractivity contribution >= 4 is 29.2 Å². The van der Waals surface area contributed by atoms with E-state index in [2.05, 4.69) is 10.6 Å². The van der Waals surface area contributed by atoms with Crippen molar-refractivity contribution in [3.05, 3.63) is 59.7 Å². The number of carbonyl (C=O) groups is 3. The molecule has 0 atom stereocenters. The summed E-state index contributed by atoms with van der Waals surface area (Å²) in [5, 5.41) is 14.3. The summed E-state index contributed by atoms with van der Waals surface area (Å²) < 4.78 is 0. The van der Waals surface area contributed by atoms with Crippen molar-refractivity contribution in [2.75, 3.05) is 10.6 Å². The van der Waals surface area contributed by atoms with Gasteiger partial charge in [-0.15, -0.1) is 0 Å². The van der Waals surface area contributed by atoms with Gasteiger partial charge in [0, 0.05) is 22.9 Å². The molecular weight excluding hydrogens is 308 g/mol. The number of amides is 2. The average molecular weight is 326 g/mol. The Hall–Kier alpha value is -3.15. The first-order valence-corrected chi connectivity index (χ1v) is 7.42. The van der Waals surface area contributed by atoms with Crippen LogP contribution in [0.25, 0.3) is 0 Å². The zero-order valence-electron chi connectivity index (χ0n) is 13.4. The molecule has 0 unspecified atom stereocenters. The van der Waals surface area contributed by atoms with Gasteiger partial charge >= 0.3 is 5.97 Å². The summed E-state index contributed by atoms with van der Waals surface area (Å²) in [6.07, 6.45) is 0. The van der Waals surface area contributed by atoms with Gasteiger partial charge in [0.25, 0.3) is 5.91 Å². The van der Waals surface area contributed by atoms with Crippen LogP contribution in [-0.4, -0.2) is 22.9 Å². The Labute approximate surface area is 139 Å². The number of hydrogen-bond acceptors (Lipinski definition) is 3. The van der Waals surface area contributed by atoms with E-state index in [0.29, 0.717) is 16.9 Å². The van der Waals surface area contributed by atoms with Crippen molar-refractivity contribution in [3.8, 4) is 0 Å². The number of carboxylic acids is 1. The highest BCUT2D eigenvalue weighted by atomic mass is 16.4. The third-order valence-electron chi connectivity index (χ3n) is 3.31. The highest BCUT2D eigenvalue weighted by Gasteiger charge is 2.11. The van der Waals surface area contributed by atoms with Gasteiger partial charge in [-0.2, -0.15) is 0 Å². The molecule has 2 amide bonds. The first-order chi connectivity index (χ1) is 11.4. The molecule has 0 spiro atoms. The largest absolute Gasteiger partial charge is 0.478 e. The lowest BCUT2D eigenvalue weighted by Gasteiger charge is -2.10. The van der Waals surface area contributed by atoms with Crippen LogP contribution in [0.15, 0.2) is 48.5 Å². The summed E-state index contributed by atoms with van der Waals surface area (Å²) in [6.45, 7) is 3.57. The molecule has 2 aromatic carbocycles. The number of hydrogen-bond donors (Lipinski definition) is 3. The molecule has 0 aromatic heterocycles. The van der Waals surface area contributed by atoms with Gasteiger partial charge in [0.05, 0.1) is 5.56 Å². The number of nitrogens with one attached hydrogen (secondary N) is 2. The fourth-order valence-electron chi connectivity index (χ4n) is 1.92. The molecule has 0 aliphatic carbocycles. The first kappa shape index (κ1) is 17.2. The fraction of sp³-hybridized carbons (Fsp3) is 0.167. The topological polar surface area (TPSA) is 95.5 Å². The molecule has 0 radical (unpaired) electrons. The second-order valence-corrected chi connectivity index (χ2v) is 5.56. The Kier molecular flexibility index (Phi) is 5.31. The molecule has 0 saturated carbocycles. The highest BCUT2D eigenvalue weighted by Crippen LogP contribution is 2.15. The van der Waals surface area contributed by atoms with Gasteiger partial charge in [-0.25, -0.2) is 4.79 Å². The molecule has 0 bridgehead atoms. The summed E-state index contributed by atoms with van der Waals surface area (Å²) in [7, 11) is 0. The Balaban J connectivity index is 2.09. The van der Waals surface area contributed by atoms with E-state index in [-0.39, 0.29) is 23.3 Å². The van der Waals surface area contributed by atoms with Crippen LogP contribution in [0.2, 0.25) is 0 Å². The number of aromatic carboxylic acids is 1. The van der Waals surface area contributed by atoms with E-state index in [1.165, 1.54) is 24.3 Å². The van der Waals surface area contributed by atoms with Crippen molar-refractivity contribution in [2.45, 2.75) is 13.8 Å². The van der Waals surface area contributed by atoms with Gasteiger partial charge in [0.15, 0.2) is 0 Å². The smallest absolute Gasteiger partial charge is 0.335 e. The van der Waals surface area contributed by atoms with E-state index in [9.17, 15) is 14.4 Å². The molecule has 0 aliphatic rings. The van der Waals surface area contributed by atoms with E-state index in [4.69, 9.17) is 5.11 Å². The van der Waals surface area contributed by atoms with Crippen molar-refractivity contribution in [3.63, 3.8) is 0 Å². The number of rotatable bonds is 5. The third kappa shape index (κ3) is 4.42. The highest BCUT2D eigenvalue weighted by molar-refractivity contribution is 6.05. The van der Waals surface area contributed by atoms with Crippen LogP contribution >= 0.6 is 0 Å². The Morgan fingerprint density at radius 1 is 0.875 bits per heavy atom. The van der Waals surface area contributed by atoms with Crippen LogP contribution in [0.5, 0.6) is 0 Å². The predicted octanol–water partition coefficient (Wildman–Crippen LogP) is 3.23. The van der Waals surface area contributed by atoms with Crippen LogP contribution in [0, 0.1) is 5.92 Å². The van der Waals surface area contributed by atoms with E-state index >= 15 is 0 Å².